The lowest BCUT2D eigenvalue weighted by Gasteiger charge is -2.27. The highest BCUT2D eigenvalue weighted by Crippen LogP contribution is 2.43. The second-order valence-electron chi connectivity index (χ2n) is 19.3. The average Bonchev–Trinajstić information content (AvgIpc) is 3.52. The lowest BCUT2D eigenvalue weighted by molar-refractivity contribution is 1.27. The van der Waals surface area contributed by atoms with E-state index < -0.39 is 0 Å². The highest BCUT2D eigenvalue weighted by molar-refractivity contribution is 5.88. The predicted octanol–water partition coefficient (Wildman–Crippen LogP) is 20.5. The fourth-order valence-electron chi connectivity index (χ4n) is 10.5. The zero-order valence-corrected chi connectivity index (χ0v) is 43.4. The molecule has 0 amide bonds. The molecular formula is C73H57N5. The van der Waals surface area contributed by atoms with Crippen LogP contribution in [0.15, 0.2) is 315 Å². The molecule has 0 fully saturated rings. The van der Waals surface area contributed by atoms with Crippen LogP contribution in [0, 0.1) is 6.92 Å². The molecule has 0 aliphatic carbocycles. The number of hydrogen-bond acceptors (Lipinski definition) is 5. The summed E-state index contributed by atoms with van der Waals surface area (Å²) in [5.41, 5.74) is 28.5. The maximum atomic E-state index is 7.10. The monoisotopic (exact) mass is 1000 g/mol. The van der Waals surface area contributed by atoms with E-state index in [1.165, 1.54) is 0 Å². The van der Waals surface area contributed by atoms with Crippen LogP contribution in [0.25, 0.3) is 33.4 Å². The van der Waals surface area contributed by atoms with Gasteiger partial charge in [-0.2, -0.15) is 0 Å². The Hall–Kier alpha value is -10.4. The van der Waals surface area contributed by atoms with Crippen molar-refractivity contribution in [3.8, 4) is 33.4 Å². The molecule has 5 heteroatoms. The van der Waals surface area contributed by atoms with Crippen LogP contribution in [0.5, 0.6) is 0 Å². The number of rotatable bonds is 15. The molecule has 0 atom stereocenters. The van der Waals surface area contributed by atoms with Crippen molar-refractivity contribution in [3.05, 3.63) is 321 Å². The molecule has 0 heterocycles. The maximum absolute atomic E-state index is 7.10. The van der Waals surface area contributed by atoms with Gasteiger partial charge in [-0.3, -0.25) is 0 Å². The minimum Gasteiger partial charge on any atom is -0.398 e. The van der Waals surface area contributed by atoms with Crippen molar-refractivity contribution in [3.63, 3.8) is 0 Å². The van der Waals surface area contributed by atoms with Gasteiger partial charge in [-0.25, -0.2) is 0 Å². The largest absolute Gasteiger partial charge is 0.398 e. The Kier molecular flexibility index (Phi) is 13.8. The van der Waals surface area contributed by atoms with Gasteiger partial charge >= 0.3 is 0 Å². The van der Waals surface area contributed by atoms with E-state index >= 15 is 0 Å². The molecule has 2 N–H and O–H groups in total. The number of anilines is 13. The third kappa shape index (κ3) is 10.2. The molecule has 0 aliphatic heterocycles. The molecule has 12 rings (SSSR count). The lowest BCUT2D eigenvalue weighted by Crippen LogP contribution is -2.11. The second-order valence-corrected chi connectivity index (χ2v) is 19.3. The summed E-state index contributed by atoms with van der Waals surface area (Å²) >= 11 is 0. The van der Waals surface area contributed by atoms with Crippen molar-refractivity contribution in [1.82, 2.24) is 0 Å². The first kappa shape index (κ1) is 48.6. The van der Waals surface area contributed by atoms with Gasteiger partial charge in [0.1, 0.15) is 0 Å². The average molecular weight is 1000 g/mol. The van der Waals surface area contributed by atoms with Gasteiger partial charge in [0.15, 0.2) is 0 Å². The van der Waals surface area contributed by atoms with E-state index in [2.05, 4.69) is 342 Å². The zero-order chi connectivity index (χ0) is 52.6. The summed E-state index contributed by atoms with van der Waals surface area (Å²) < 4.78 is 0. The van der Waals surface area contributed by atoms with Crippen molar-refractivity contribution in [2.45, 2.75) is 6.92 Å². The van der Waals surface area contributed by atoms with Gasteiger partial charge in [-0.05, 0) is 186 Å². The van der Waals surface area contributed by atoms with Crippen LogP contribution >= 0.6 is 0 Å². The predicted molar refractivity (Wildman–Crippen MR) is 331 cm³/mol. The fourth-order valence-corrected chi connectivity index (χ4v) is 10.5. The van der Waals surface area contributed by atoms with E-state index in [1.807, 2.05) is 0 Å². The lowest BCUT2D eigenvalue weighted by atomic mass is 9.97. The Balaban J connectivity index is 0.797. The Morgan fingerprint density at radius 1 is 0.205 bits per heavy atom. The molecule has 0 bridgehead atoms. The number of nitrogens with zero attached hydrogens (tertiary/aromatic N) is 4. The summed E-state index contributed by atoms with van der Waals surface area (Å²) in [6.45, 7) is 2.17. The number of aryl methyl sites for hydroxylation is 1. The third-order valence-electron chi connectivity index (χ3n) is 14.3. The molecule has 0 aromatic heterocycles. The first-order chi connectivity index (χ1) is 38.5. The van der Waals surface area contributed by atoms with Crippen molar-refractivity contribution in [2.24, 2.45) is 0 Å². The molecular weight excluding hydrogens is 947 g/mol. The highest BCUT2D eigenvalue weighted by Gasteiger charge is 2.19. The topological polar surface area (TPSA) is 39.0 Å². The Labute approximate surface area is 458 Å². The molecule has 12 aromatic carbocycles. The van der Waals surface area contributed by atoms with Crippen molar-refractivity contribution in [1.29, 1.82) is 0 Å². The molecule has 0 aliphatic rings. The molecule has 0 saturated carbocycles. The van der Waals surface area contributed by atoms with Crippen molar-refractivity contribution >= 4 is 73.9 Å². The smallest absolute Gasteiger partial charge is 0.0482 e. The number of hydrogen-bond donors (Lipinski definition) is 1. The van der Waals surface area contributed by atoms with E-state index in [-0.39, 0.29) is 0 Å². The van der Waals surface area contributed by atoms with E-state index in [9.17, 15) is 0 Å². The van der Waals surface area contributed by atoms with Gasteiger partial charge in [0.2, 0.25) is 0 Å². The zero-order valence-electron chi connectivity index (χ0n) is 43.4. The van der Waals surface area contributed by atoms with Crippen LogP contribution in [-0.4, -0.2) is 0 Å². The van der Waals surface area contributed by atoms with Crippen LogP contribution in [0.4, 0.5) is 73.9 Å². The number of benzene rings is 12. The third-order valence-corrected chi connectivity index (χ3v) is 14.3. The Morgan fingerprint density at radius 2 is 0.410 bits per heavy atom. The van der Waals surface area contributed by atoms with Gasteiger partial charge in [-0.1, -0.05) is 170 Å². The van der Waals surface area contributed by atoms with Crippen LogP contribution in [0.3, 0.4) is 0 Å². The van der Waals surface area contributed by atoms with Gasteiger partial charge in [0.25, 0.3) is 0 Å². The minimum absolute atomic E-state index is 0.706. The number of nitrogens with two attached hydrogens (primary N) is 1. The minimum atomic E-state index is 0.706. The molecule has 12 aromatic rings. The van der Waals surface area contributed by atoms with Gasteiger partial charge in [0, 0.05) is 79.5 Å². The Bertz CT molecular complexity index is 3540. The molecule has 0 saturated heterocycles. The molecule has 5 nitrogen and oxygen atoms in total. The summed E-state index contributed by atoms with van der Waals surface area (Å²) in [5, 5.41) is 0. The summed E-state index contributed by atoms with van der Waals surface area (Å²) in [6, 6.07) is 111. The van der Waals surface area contributed by atoms with Gasteiger partial charge in [-0.15, -0.1) is 0 Å². The molecule has 0 spiro atoms. The summed E-state index contributed by atoms with van der Waals surface area (Å²) in [5.74, 6) is 0. The molecule has 0 unspecified atom stereocenters. The molecule has 374 valence electrons. The van der Waals surface area contributed by atoms with E-state index in [0.29, 0.717) is 5.69 Å². The van der Waals surface area contributed by atoms with Crippen molar-refractivity contribution in [2.75, 3.05) is 25.3 Å². The maximum Gasteiger partial charge on any atom is 0.0482 e. The first-order valence-electron chi connectivity index (χ1n) is 26.4. The van der Waals surface area contributed by atoms with Crippen LogP contribution in [0.2, 0.25) is 0 Å². The number of nitrogen functional groups attached to an aromatic ring is 1. The first-order valence-corrected chi connectivity index (χ1v) is 26.4. The van der Waals surface area contributed by atoms with E-state index in [1.54, 1.807) is 0 Å². The van der Waals surface area contributed by atoms with Crippen molar-refractivity contribution < 1.29 is 0 Å². The van der Waals surface area contributed by atoms with E-state index in [0.717, 1.165) is 107 Å². The summed E-state index contributed by atoms with van der Waals surface area (Å²) in [4.78, 5) is 9.16. The highest BCUT2D eigenvalue weighted by atomic mass is 15.2. The molecule has 78 heavy (non-hydrogen) atoms. The second kappa shape index (κ2) is 22.2. The van der Waals surface area contributed by atoms with Gasteiger partial charge in [0.05, 0.1) is 0 Å². The van der Waals surface area contributed by atoms with Crippen LogP contribution in [-0.2, 0) is 0 Å². The van der Waals surface area contributed by atoms with E-state index in [4.69, 9.17) is 5.73 Å². The normalized spacial score (nSPS) is 10.9. The molecule has 0 radical (unpaired) electrons. The Morgan fingerprint density at radius 3 is 0.654 bits per heavy atom. The fraction of sp³-hybridized carbons (Fsp3) is 0.0137. The van der Waals surface area contributed by atoms with Gasteiger partial charge < -0.3 is 25.3 Å². The quantitative estimate of drug-likeness (QED) is 0.104. The van der Waals surface area contributed by atoms with Crippen LogP contribution in [0.1, 0.15) is 5.56 Å². The SMILES string of the molecule is Cc1cc(N(c2ccccc2)c2ccc(-c3ccc(N(c4ccccc4)c4ccccc4)cc3)cc2)ccc1-c1ccc(N(c2ccccc2)c2ccc(-c3ccc(N(c4ccccc4)c4ccccc4)cc3)cc2)cc1N. The summed E-state index contributed by atoms with van der Waals surface area (Å²) in [6.07, 6.45) is 0. The van der Waals surface area contributed by atoms with Crippen LogP contribution < -0.4 is 25.3 Å². The summed E-state index contributed by atoms with van der Waals surface area (Å²) in [7, 11) is 0. The standard InChI is InChI=1S/C73H57N5/c1-54-52-69(77(63-28-16-6-17-29-63)67-44-36-57(37-45-67)55-32-40-65(41-33-55)75(59-20-8-2-9-21-59)60-22-10-3-11-23-60)48-50-71(54)72-51-49-70(53-73(72)74)78(64-30-18-7-19-31-64)68-46-38-58(39-47-68)56-34-42-66(43-35-56)76(61-24-12-4-13-25-61)62-26-14-5-15-27-62/h2-53H,74H2,1H3. The number of para-hydroxylation sites is 6.